The summed E-state index contributed by atoms with van der Waals surface area (Å²) in [4.78, 5) is 12.4. The molecule has 0 bridgehead atoms. The highest BCUT2D eigenvalue weighted by Gasteiger charge is 2.16. The molecule has 0 radical (unpaired) electrons. The maximum absolute atomic E-state index is 12.4. The fourth-order valence-electron chi connectivity index (χ4n) is 2.08. The molecule has 122 valence electrons. The van der Waals surface area contributed by atoms with Crippen molar-refractivity contribution in [1.82, 2.24) is 5.32 Å². The molecule has 2 N–H and O–H groups in total. The molecule has 2 aromatic carbocycles. The summed E-state index contributed by atoms with van der Waals surface area (Å²) in [6, 6.07) is 13.9. The van der Waals surface area contributed by atoms with Gasteiger partial charge in [-0.15, -0.1) is 0 Å². The quantitative estimate of drug-likeness (QED) is 0.813. The van der Waals surface area contributed by atoms with Crippen LogP contribution in [-0.2, 0) is 10.0 Å². The van der Waals surface area contributed by atoms with E-state index in [1.807, 2.05) is 31.2 Å². The summed E-state index contributed by atoms with van der Waals surface area (Å²) in [5.74, 6) is -0.341. The zero-order valence-electron chi connectivity index (χ0n) is 12.7. The first-order valence-corrected chi connectivity index (χ1v) is 9.58. The minimum atomic E-state index is -3.45. The van der Waals surface area contributed by atoms with Gasteiger partial charge in [-0.05, 0) is 36.8 Å². The molecule has 0 spiro atoms. The maximum Gasteiger partial charge on any atom is 0.253 e. The van der Waals surface area contributed by atoms with Crippen molar-refractivity contribution in [2.24, 2.45) is 0 Å². The number of hydrogen-bond acceptors (Lipinski definition) is 3. The van der Waals surface area contributed by atoms with Crippen molar-refractivity contribution >= 4 is 37.5 Å². The van der Waals surface area contributed by atoms with Gasteiger partial charge in [0.1, 0.15) is 0 Å². The van der Waals surface area contributed by atoms with Gasteiger partial charge in [-0.3, -0.25) is 9.52 Å². The first-order chi connectivity index (χ1) is 10.8. The van der Waals surface area contributed by atoms with Crippen molar-refractivity contribution in [2.45, 2.75) is 13.0 Å². The molecular weight excluding hydrogens is 380 g/mol. The SMILES string of the molecule is CC(NC(=O)c1ccccc1NS(C)(=O)=O)c1ccc(Br)cc1. The minimum Gasteiger partial charge on any atom is -0.345 e. The number of amides is 1. The van der Waals surface area contributed by atoms with Gasteiger partial charge in [0.2, 0.25) is 10.0 Å². The van der Waals surface area contributed by atoms with Gasteiger partial charge in [0.05, 0.1) is 23.5 Å². The van der Waals surface area contributed by atoms with Crippen LogP contribution in [0.1, 0.15) is 28.9 Å². The van der Waals surface area contributed by atoms with Gasteiger partial charge in [0.15, 0.2) is 0 Å². The van der Waals surface area contributed by atoms with Crippen LogP contribution in [-0.4, -0.2) is 20.6 Å². The predicted molar refractivity (Wildman–Crippen MR) is 94.9 cm³/mol. The monoisotopic (exact) mass is 396 g/mol. The molecule has 0 aromatic heterocycles. The Morgan fingerprint density at radius 1 is 1.09 bits per heavy atom. The molecule has 5 nitrogen and oxygen atoms in total. The van der Waals surface area contributed by atoms with Crippen LogP contribution in [0.4, 0.5) is 5.69 Å². The molecule has 0 fully saturated rings. The number of anilines is 1. The Balaban J connectivity index is 2.19. The van der Waals surface area contributed by atoms with Crippen molar-refractivity contribution in [3.8, 4) is 0 Å². The summed E-state index contributed by atoms with van der Waals surface area (Å²) in [5, 5.41) is 2.87. The van der Waals surface area contributed by atoms with Crippen LogP contribution in [0.15, 0.2) is 53.0 Å². The van der Waals surface area contributed by atoms with Crippen molar-refractivity contribution in [3.05, 3.63) is 64.1 Å². The number of rotatable bonds is 5. The van der Waals surface area contributed by atoms with Crippen molar-refractivity contribution in [3.63, 3.8) is 0 Å². The fourth-order valence-corrected chi connectivity index (χ4v) is 2.92. The summed E-state index contributed by atoms with van der Waals surface area (Å²) in [6.07, 6.45) is 1.05. The zero-order valence-corrected chi connectivity index (χ0v) is 15.1. The Labute approximate surface area is 144 Å². The molecule has 2 rings (SSSR count). The largest absolute Gasteiger partial charge is 0.345 e. The topological polar surface area (TPSA) is 75.3 Å². The van der Waals surface area contributed by atoms with Crippen LogP contribution in [0.25, 0.3) is 0 Å². The predicted octanol–water partition coefficient (Wildman–Crippen LogP) is 3.31. The standard InChI is InChI=1S/C16H17BrN2O3S/c1-11(12-7-9-13(17)10-8-12)18-16(20)14-5-3-4-6-15(14)19-23(2,21)22/h3-11,19H,1-2H3,(H,18,20). The molecule has 1 unspecified atom stereocenters. The molecule has 1 atom stereocenters. The van der Waals surface area contributed by atoms with Gasteiger partial charge < -0.3 is 5.32 Å². The normalized spacial score (nSPS) is 12.5. The second-order valence-corrected chi connectivity index (χ2v) is 7.83. The first kappa shape index (κ1) is 17.5. The van der Waals surface area contributed by atoms with E-state index in [-0.39, 0.29) is 23.2 Å². The van der Waals surface area contributed by atoms with Crippen LogP contribution < -0.4 is 10.0 Å². The molecule has 0 aliphatic carbocycles. The molecule has 23 heavy (non-hydrogen) atoms. The van der Waals surface area contributed by atoms with E-state index in [0.717, 1.165) is 16.3 Å². The molecule has 7 heteroatoms. The smallest absolute Gasteiger partial charge is 0.253 e. The highest BCUT2D eigenvalue weighted by Crippen LogP contribution is 2.20. The van der Waals surface area contributed by atoms with E-state index < -0.39 is 10.0 Å². The van der Waals surface area contributed by atoms with Crippen molar-refractivity contribution < 1.29 is 13.2 Å². The third-order valence-electron chi connectivity index (χ3n) is 3.18. The second kappa shape index (κ2) is 7.14. The van der Waals surface area contributed by atoms with Crippen LogP contribution in [0.5, 0.6) is 0 Å². The number of para-hydroxylation sites is 1. The number of halogens is 1. The Morgan fingerprint density at radius 3 is 2.30 bits per heavy atom. The van der Waals surface area contributed by atoms with E-state index in [4.69, 9.17) is 0 Å². The van der Waals surface area contributed by atoms with Crippen LogP contribution in [0.3, 0.4) is 0 Å². The Bertz CT molecular complexity index is 804. The Morgan fingerprint density at radius 2 is 1.70 bits per heavy atom. The van der Waals surface area contributed by atoms with Crippen molar-refractivity contribution in [1.29, 1.82) is 0 Å². The fraction of sp³-hybridized carbons (Fsp3) is 0.188. The summed E-state index contributed by atoms with van der Waals surface area (Å²) in [7, 11) is -3.45. The first-order valence-electron chi connectivity index (χ1n) is 6.89. The number of hydrogen-bond donors (Lipinski definition) is 2. The van der Waals surface area contributed by atoms with E-state index in [9.17, 15) is 13.2 Å². The molecule has 0 heterocycles. The average Bonchev–Trinajstić information content (AvgIpc) is 2.46. The third-order valence-corrected chi connectivity index (χ3v) is 4.30. The van der Waals surface area contributed by atoms with Gasteiger partial charge in [0.25, 0.3) is 5.91 Å². The van der Waals surface area contributed by atoms with Gasteiger partial charge >= 0.3 is 0 Å². The van der Waals surface area contributed by atoms with Crippen LogP contribution in [0, 0.1) is 0 Å². The summed E-state index contributed by atoms with van der Waals surface area (Å²) >= 11 is 3.37. The second-order valence-electron chi connectivity index (χ2n) is 5.17. The summed E-state index contributed by atoms with van der Waals surface area (Å²) in [5.41, 5.74) is 1.49. The Kier molecular flexibility index (Phi) is 5.43. The number of sulfonamides is 1. The molecular formula is C16H17BrN2O3S. The van der Waals surface area contributed by atoms with E-state index in [1.165, 1.54) is 0 Å². The lowest BCUT2D eigenvalue weighted by Gasteiger charge is -2.16. The number of carbonyl (C=O) groups is 1. The van der Waals surface area contributed by atoms with E-state index in [0.29, 0.717) is 0 Å². The van der Waals surface area contributed by atoms with Gasteiger partial charge in [-0.2, -0.15) is 0 Å². The molecule has 1 amide bonds. The molecule has 2 aromatic rings. The lowest BCUT2D eigenvalue weighted by Crippen LogP contribution is -2.27. The van der Waals surface area contributed by atoms with Crippen molar-refractivity contribution in [2.75, 3.05) is 11.0 Å². The number of benzene rings is 2. The third kappa shape index (κ3) is 5.07. The van der Waals surface area contributed by atoms with Crippen LogP contribution >= 0.6 is 15.9 Å². The van der Waals surface area contributed by atoms with E-state index in [2.05, 4.69) is 26.0 Å². The Hall–Kier alpha value is -1.86. The lowest BCUT2D eigenvalue weighted by atomic mass is 10.1. The van der Waals surface area contributed by atoms with E-state index in [1.54, 1.807) is 24.3 Å². The highest BCUT2D eigenvalue weighted by molar-refractivity contribution is 9.10. The van der Waals surface area contributed by atoms with E-state index >= 15 is 0 Å². The van der Waals surface area contributed by atoms with Gasteiger partial charge in [0, 0.05) is 4.47 Å². The summed E-state index contributed by atoms with van der Waals surface area (Å²) < 4.78 is 26.1. The molecule has 0 aliphatic rings. The average molecular weight is 397 g/mol. The lowest BCUT2D eigenvalue weighted by molar-refractivity contribution is 0.0941. The van der Waals surface area contributed by atoms with Crippen LogP contribution in [0.2, 0.25) is 0 Å². The molecule has 0 saturated heterocycles. The molecule has 0 aliphatic heterocycles. The highest BCUT2D eigenvalue weighted by atomic mass is 79.9. The minimum absolute atomic E-state index is 0.207. The van der Waals surface area contributed by atoms with Gasteiger partial charge in [-0.25, -0.2) is 8.42 Å². The number of nitrogens with one attached hydrogen (secondary N) is 2. The van der Waals surface area contributed by atoms with Gasteiger partial charge in [-0.1, -0.05) is 40.2 Å². The number of carbonyl (C=O) groups excluding carboxylic acids is 1. The maximum atomic E-state index is 12.4. The molecule has 0 saturated carbocycles. The summed E-state index contributed by atoms with van der Waals surface area (Å²) in [6.45, 7) is 1.87. The zero-order chi connectivity index (χ0) is 17.0.